The zero-order valence-electron chi connectivity index (χ0n) is 30.9. The Morgan fingerprint density at radius 1 is 0.464 bits per heavy atom. The third kappa shape index (κ3) is 6.56. The predicted molar refractivity (Wildman–Crippen MR) is 232 cm³/mol. The molecule has 4 nitrogen and oxygen atoms in total. The average Bonchev–Trinajstić information content (AvgIpc) is 3.26. The van der Waals surface area contributed by atoms with E-state index >= 15 is 0 Å². The molecule has 1 atom stereocenters. The number of allylic oxidation sites excluding steroid dienone is 4. The molecule has 8 aromatic rings. The van der Waals surface area contributed by atoms with Gasteiger partial charge in [-0.25, -0.2) is 15.0 Å². The van der Waals surface area contributed by atoms with Gasteiger partial charge < -0.3 is 0 Å². The van der Waals surface area contributed by atoms with Gasteiger partial charge in [0.1, 0.15) is 0 Å². The molecule has 0 amide bonds. The van der Waals surface area contributed by atoms with Gasteiger partial charge in [-0.05, 0) is 77.9 Å². The number of aliphatic imine (C=N–C) groups is 1. The monoisotopic (exact) mass is 718 g/mol. The number of benzene rings is 6. The average molecular weight is 719 g/mol. The molecule has 1 aliphatic heterocycles. The Hall–Kier alpha value is -7.04. The molecular formula is C52H38N4. The number of pyridine rings is 1. The van der Waals surface area contributed by atoms with Crippen molar-refractivity contribution in [3.8, 4) is 67.4 Å². The van der Waals surface area contributed by atoms with Gasteiger partial charge in [-0.1, -0.05) is 152 Å². The number of fused-ring (bicyclic) bond motifs is 4. The lowest BCUT2D eigenvalue weighted by atomic mass is 9.83. The van der Waals surface area contributed by atoms with Crippen LogP contribution < -0.4 is 0 Å². The normalized spacial score (nSPS) is 15.9. The first-order valence-electron chi connectivity index (χ1n) is 19.4. The fourth-order valence-corrected chi connectivity index (χ4v) is 8.07. The molecule has 6 aromatic carbocycles. The van der Waals surface area contributed by atoms with Gasteiger partial charge in [0.2, 0.25) is 0 Å². The minimum atomic E-state index is 0.342. The van der Waals surface area contributed by atoms with Crippen molar-refractivity contribution in [1.82, 2.24) is 15.0 Å². The van der Waals surface area contributed by atoms with E-state index in [9.17, 15) is 0 Å². The Morgan fingerprint density at radius 3 is 1.73 bits per heavy atom. The summed E-state index contributed by atoms with van der Waals surface area (Å²) in [5.41, 5.74) is 15.7. The second kappa shape index (κ2) is 14.7. The molecule has 3 heterocycles. The largest absolute Gasteiger partial charge is 0.252 e. The fraction of sp³-hybridized carbons (Fsp3) is 0.0769. The van der Waals surface area contributed by atoms with E-state index in [0.717, 1.165) is 92.0 Å². The van der Waals surface area contributed by atoms with Crippen molar-refractivity contribution in [1.29, 1.82) is 0 Å². The Labute approximate surface area is 327 Å². The summed E-state index contributed by atoms with van der Waals surface area (Å²) in [6.07, 6.45) is 11.7. The lowest BCUT2D eigenvalue weighted by Crippen LogP contribution is -2.20. The first-order valence-corrected chi connectivity index (χ1v) is 19.4. The molecule has 56 heavy (non-hydrogen) atoms. The molecule has 0 bridgehead atoms. The predicted octanol–water partition coefficient (Wildman–Crippen LogP) is 13.2. The summed E-state index contributed by atoms with van der Waals surface area (Å²) >= 11 is 0. The molecule has 0 saturated heterocycles. The quantitative estimate of drug-likeness (QED) is 0.172. The Morgan fingerprint density at radius 2 is 1.04 bits per heavy atom. The van der Waals surface area contributed by atoms with Crippen molar-refractivity contribution in [3.63, 3.8) is 0 Å². The van der Waals surface area contributed by atoms with Gasteiger partial charge in [0.15, 0.2) is 5.82 Å². The van der Waals surface area contributed by atoms with Crippen LogP contribution in [0.4, 0.5) is 5.69 Å². The molecule has 2 aliphatic rings. The maximum atomic E-state index is 5.34. The highest BCUT2D eigenvalue weighted by molar-refractivity contribution is 6.06. The Balaban J connectivity index is 1.13. The Kier molecular flexibility index (Phi) is 8.77. The highest BCUT2D eigenvalue weighted by Crippen LogP contribution is 2.42. The third-order valence-electron chi connectivity index (χ3n) is 10.9. The van der Waals surface area contributed by atoms with Gasteiger partial charge in [-0.3, -0.25) is 4.99 Å². The lowest BCUT2D eigenvalue weighted by Gasteiger charge is -2.26. The highest BCUT2D eigenvalue weighted by Gasteiger charge is 2.27. The number of hydrogen-bond donors (Lipinski definition) is 0. The fourth-order valence-electron chi connectivity index (χ4n) is 8.07. The Bertz CT molecular complexity index is 2730. The standard InChI is InChI=1S/C52H38N4/c1-2-10-28-46-41(20-5-1)33-45-50(54-47-29-12-11-27-44(47)51(45)53-46)42-25-15-26-43(32-42)52-55-48(39-23-13-21-37(30-39)35-16-6-3-7-17-35)34-49(56-52)40-24-14-22-38(31-40)36-18-8-4-9-19-36/h1-4,6-19,21-32,34,41H,5,20,33H2/b2-1-,28-10-/t41-/m0/s1. The van der Waals surface area contributed by atoms with Gasteiger partial charge in [0, 0.05) is 44.8 Å². The van der Waals surface area contributed by atoms with Gasteiger partial charge in [-0.2, -0.15) is 0 Å². The molecule has 0 saturated carbocycles. The van der Waals surface area contributed by atoms with Crippen molar-refractivity contribution in [2.75, 3.05) is 0 Å². The topological polar surface area (TPSA) is 51.0 Å². The van der Waals surface area contributed by atoms with Crippen LogP contribution in [0, 0.1) is 5.92 Å². The van der Waals surface area contributed by atoms with Crippen LogP contribution in [0.5, 0.6) is 0 Å². The lowest BCUT2D eigenvalue weighted by molar-refractivity contribution is 0.624. The number of nitrogens with zero attached hydrogens (tertiary/aromatic N) is 4. The summed E-state index contributed by atoms with van der Waals surface area (Å²) in [5.74, 6) is 1.01. The van der Waals surface area contributed by atoms with Crippen molar-refractivity contribution < 1.29 is 0 Å². The smallest absolute Gasteiger partial charge is 0.160 e. The summed E-state index contributed by atoms with van der Waals surface area (Å²) in [7, 11) is 0. The molecule has 4 heteroatoms. The van der Waals surface area contributed by atoms with E-state index in [1.807, 2.05) is 0 Å². The van der Waals surface area contributed by atoms with Crippen LogP contribution in [0.1, 0.15) is 18.4 Å². The molecule has 0 unspecified atom stereocenters. The summed E-state index contributed by atoms with van der Waals surface area (Å²) in [5, 5.41) is 1.09. The molecule has 0 spiro atoms. The SMILES string of the molecule is C1=C\CC[C@H]2Cc3c(-c4cccc(-c5nc(-c6cccc(-c7ccccc7)c6)cc(-c6cccc(-c7ccccc7)c6)n5)c4)nc4ccccc4c3N=C2\C=C/1. The zero-order chi connectivity index (χ0) is 37.3. The molecule has 10 rings (SSSR count). The van der Waals surface area contributed by atoms with Gasteiger partial charge in [0.05, 0.1) is 28.3 Å². The molecule has 0 fully saturated rings. The highest BCUT2D eigenvalue weighted by atomic mass is 14.9. The van der Waals surface area contributed by atoms with E-state index in [1.54, 1.807) is 0 Å². The van der Waals surface area contributed by atoms with E-state index in [2.05, 4.69) is 188 Å². The van der Waals surface area contributed by atoms with Crippen molar-refractivity contribution in [3.05, 3.63) is 194 Å². The van der Waals surface area contributed by atoms with E-state index < -0.39 is 0 Å². The number of para-hydroxylation sites is 1. The molecule has 266 valence electrons. The summed E-state index contributed by atoms with van der Waals surface area (Å²) < 4.78 is 0. The first kappa shape index (κ1) is 33.5. The van der Waals surface area contributed by atoms with Crippen LogP contribution >= 0.6 is 0 Å². The van der Waals surface area contributed by atoms with E-state index in [4.69, 9.17) is 19.9 Å². The van der Waals surface area contributed by atoms with Gasteiger partial charge in [0.25, 0.3) is 0 Å². The van der Waals surface area contributed by atoms with E-state index in [1.165, 1.54) is 16.7 Å². The van der Waals surface area contributed by atoms with Crippen molar-refractivity contribution in [2.24, 2.45) is 10.9 Å². The molecule has 1 aliphatic carbocycles. The minimum Gasteiger partial charge on any atom is -0.252 e. The van der Waals surface area contributed by atoms with Crippen LogP contribution in [0.3, 0.4) is 0 Å². The zero-order valence-corrected chi connectivity index (χ0v) is 30.9. The van der Waals surface area contributed by atoms with Crippen LogP contribution in [0.25, 0.3) is 78.3 Å². The van der Waals surface area contributed by atoms with E-state index in [0.29, 0.717) is 11.7 Å². The maximum Gasteiger partial charge on any atom is 0.160 e. The first-order chi connectivity index (χ1) is 27.7. The van der Waals surface area contributed by atoms with E-state index in [-0.39, 0.29) is 0 Å². The number of aromatic nitrogens is 3. The third-order valence-corrected chi connectivity index (χ3v) is 10.9. The van der Waals surface area contributed by atoms with Crippen molar-refractivity contribution in [2.45, 2.75) is 19.3 Å². The summed E-state index contributed by atoms with van der Waals surface area (Å²) in [6, 6.07) is 57.4. The molecule has 0 radical (unpaired) electrons. The minimum absolute atomic E-state index is 0.342. The van der Waals surface area contributed by atoms with Crippen LogP contribution in [-0.2, 0) is 6.42 Å². The molecule has 0 N–H and O–H groups in total. The second-order valence-electron chi connectivity index (χ2n) is 14.5. The molecular weight excluding hydrogens is 681 g/mol. The van der Waals surface area contributed by atoms with Crippen LogP contribution in [0.15, 0.2) is 193 Å². The van der Waals surface area contributed by atoms with Crippen LogP contribution in [0.2, 0.25) is 0 Å². The summed E-state index contributed by atoms with van der Waals surface area (Å²) in [6.45, 7) is 0. The number of hydrogen-bond acceptors (Lipinski definition) is 4. The van der Waals surface area contributed by atoms with Gasteiger partial charge >= 0.3 is 0 Å². The van der Waals surface area contributed by atoms with Gasteiger partial charge in [-0.15, -0.1) is 0 Å². The molecule has 2 aromatic heterocycles. The van der Waals surface area contributed by atoms with Crippen LogP contribution in [-0.4, -0.2) is 20.7 Å². The van der Waals surface area contributed by atoms with Crippen molar-refractivity contribution >= 4 is 22.3 Å². The maximum absolute atomic E-state index is 5.34. The number of rotatable bonds is 6. The second-order valence-corrected chi connectivity index (χ2v) is 14.5. The summed E-state index contributed by atoms with van der Waals surface area (Å²) in [4.78, 5) is 21.3.